The summed E-state index contributed by atoms with van der Waals surface area (Å²) >= 11 is 0. The Balaban J connectivity index is 2.59. The van der Waals surface area contributed by atoms with Gasteiger partial charge in [-0.15, -0.1) is 0 Å². The van der Waals surface area contributed by atoms with Gasteiger partial charge in [0.25, 0.3) is 0 Å². The molecule has 2 aromatic rings. The molecular formula is C12H13N3O. The first kappa shape index (κ1) is 10.6. The molecule has 0 unspecified atom stereocenters. The standard InChI is InChI=1S/C12H13N3O/c1-12(2,14-8-16)9-4-5-11-10(6-9)13-7-15(11)3/h4-7H,1-3H3. The van der Waals surface area contributed by atoms with Crippen LogP contribution in [-0.2, 0) is 17.4 Å². The minimum Gasteiger partial charge on any atom is -0.334 e. The summed E-state index contributed by atoms with van der Waals surface area (Å²) in [7, 11) is 1.95. The molecule has 0 saturated heterocycles. The topological polar surface area (TPSA) is 47.2 Å². The Hall–Kier alpha value is -1.93. The summed E-state index contributed by atoms with van der Waals surface area (Å²) in [5.74, 6) is 0. The van der Waals surface area contributed by atoms with Gasteiger partial charge in [-0.1, -0.05) is 6.07 Å². The first-order valence-corrected chi connectivity index (χ1v) is 5.05. The van der Waals surface area contributed by atoms with E-state index in [4.69, 9.17) is 0 Å². The summed E-state index contributed by atoms with van der Waals surface area (Å²) in [4.78, 5) is 18.4. The molecule has 1 aromatic heterocycles. The van der Waals surface area contributed by atoms with Crippen LogP contribution in [0.15, 0.2) is 29.5 Å². The molecule has 1 aromatic carbocycles. The molecule has 82 valence electrons. The second-order valence-corrected chi connectivity index (χ2v) is 4.32. The fraction of sp³-hybridized carbons (Fsp3) is 0.333. The number of rotatable bonds is 2. The molecule has 0 spiro atoms. The molecule has 2 rings (SSSR count). The number of carbonyl (C=O) groups excluding carboxylic acids is 1. The molecule has 0 bridgehead atoms. The molecule has 0 saturated carbocycles. The SMILES string of the molecule is Cn1cnc2cc(C(C)(C)N=C=O)ccc21. The highest BCUT2D eigenvalue weighted by Gasteiger charge is 2.19. The van der Waals surface area contributed by atoms with Crippen molar-refractivity contribution >= 4 is 17.1 Å². The van der Waals surface area contributed by atoms with Crippen LogP contribution in [0.4, 0.5) is 0 Å². The number of nitrogens with zero attached hydrogens (tertiary/aromatic N) is 3. The van der Waals surface area contributed by atoms with Gasteiger partial charge in [-0.2, -0.15) is 4.99 Å². The maximum Gasteiger partial charge on any atom is 0.235 e. The Labute approximate surface area is 93.6 Å². The highest BCUT2D eigenvalue weighted by atomic mass is 16.1. The van der Waals surface area contributed by atoms with Crippen molar-refractivity contribution in [1.82, 2.24) is 9.55 Å². The van der Waals surface area contributed by atoms with Gasteiger partial charge < -0.3 is 4.57 Å². The van der Waals surface area contributed by atoms with Crippen LogP contribution in [0.2, 0.25) is 0 Å². The molecule has 0 aliphatic rings. The zero-order valence-electron chi connectivity index (χ0n) is 9.56. The zero-order chi connectivity index (χ0) is 11.8. The van der Waals surface area contributed by atoms with Gasteiger partial charge in [0.2, 0.25) is 6.08 Å². The molecule has 1 heterocycles. The van der Waals surface area contributed by atoms with Gasteiger partial charge in [0.05, 0.1) is 22.9 Å². The zero-order valence-corrected chi connectivity index (χ0v) is 9.56. The lowest BCUT2D eigenvalue weighted by Crippen LogP contribution is -2.13. The molecule has 0 amide bonds. The van der Waals surface area contributed by atoms with Crippen molar-refractivity contribution in [3.63, 3.8) is 0 Å². The Morgan fingerprint density at radius 2 is 2.19 bits per heavy atom. The fourth-order valence-corrected chi connectivity index (χ4v) is 1.70. The molecule has 0 aliphatic heterocycles. The number of imidazole rings is 1. The van der Waals surface area contributed by atoms with Crippen molar-refractivity contribution in [2.75, 3.05) is 0 Å². The minimum atomic E-state index is -0.548. The van der Waals surface area contributed by atoms with Crippen LogP contribution in [-0.4, -0.2) is 15.6 Å². The highest BCUT2D eigenvalue weighted by Crippen LogP contribution is 2.26. The summed E-state index contributed by atoms with van der Waals surface area (Å²) in [5, 5.41) is 0. The van der Waals surface area contributed by atoms with Crippen LogP contribution in [0.3, 0.4) is 0 Å². The fourth-order valence-electron chi connectivity index (χ4n) is 1.70. The molecular weight excluding hydrogens is 202 g/mol. The molecule has 0 fully saturated rings. The monoisotopic (exact) mass is 215 g/mol. The van der Waals surface area contributed by atoms with Crippen molar-refractivity contribution in [2.24, 2.45) is 12.0 Å². The van der Waals surface area contributed by atoms with Crippen molar-refractivity contribution < 1.29 is 4.79 Å². The number of isocyanates is 1. The van der Waals surface area contributed by atoms with Gasteiger partial charge in [0.1, 0.15) is 0 Å². The van der Waals surface area contributed by atoms with Crippen LogP contribution in [0.1, 0.15) is 19.4 Å². The summed E-state index contributed by atoms with van der Waals surface area (Å²) < 4.78 is 1.95. The maximum atomic E-state index is 10.4. The van der Waals surface area contributed by atoms with Gasteiger partial charge in [-0.05, 0) is 31.5 Å². The van der Waals surface area contributed by atoms with E-state index in [0.717, 1.165) is 16.6 Å². The second-order valence-electron chi connectivity index (χ2n) is 4.32. The second kappa shape index (κ2) is 3.58. The molecule has 0 atom stereocenters. The van der Waals surface area contributed by atoms with E-state index in [2.05, 4.69) is 9.98 Å². The highest BCUT2D eigenvalue weighted by molar-refractivity contribution is 5.76. The Morgan fingerprint density at radius 3 is 2.88 bits per heavy atom. The average Bonchev–Trinajstić information content (AvgIpc) is 2.60. The van der Waals surface area contributed by atoms with Crippen molar-refractivity contribution in [1.29, 1.82) is 0 Å². The number of hydrogen-bond donors (Lipinski definition) is 0. The molecule has 4 nitrogen and oxygen atoms in total. The quantitative estimate of drug-likeness (QED) is 0.569. The Morgan fingerprint density at radius 1 is 1.44 bits per heavy atom. The number of aromatic nitrogens is 2. The van der Waals surface area contributed by atoms with E-state index < -0.39 is 5.54 Å². The molecule has 16 heavy (non-hydrogen) atoms. The van der Waals surface area contributed by atoms with Gasteiger partial charge in [0.15, 0.2) is 0 Å². The lowest BCUT2D eigenvalue weighted by atomic mass is 9.95. The lowest BCUT2D eigenvalue weighted by molar-refractivity contribution is 0.523. The van der Waals surface area contributed by atoms with Crippen molar-refractivity contribution in [2.45, 2.75) is 19.4 Å². The normalized spacial score (nSPS) is 11.4. The van der Waals surface area contributed by atoms with Crippen molar-refractivity contribution in [3.05, 3.63) is 30.1 Å². The summed E-state index contributed by atoms with van der Waals surface area (Å²) in [6.45, 7) is 3.75. The Kier molecular flexibility index (Phi) is 2.37. The predicted molar refractivity (Wildman–Crippen MR) is 61.9 cm³/mol. The smallest absolute Gasteiger partial charge is 0.235 e. The average molecular weight is 215 g/mol. The number of fused-ring (bicyclic) bond motifs is 1. The summed E-state index contributed by atoms with van der Waals surface area (Å²) in [6, 6.07) is 5.90. The third-order valence-electron chi connectivity index (χ3n) is 2.76. The molecule has 0 N–H and O–H groups in total. The van der Waals surface area contributed by atoms with Crippen LogP contribution >= 0.6 is 0 Å². The van der Waals surface area contributed by atoms with Gasteiger partial charge in [-0.3, -0.25) is 0 Å². The molecule has 4 heteroatoms. The third-order valence-corrected chi connectivity index (χ3v) is 2.76. The number of aryl methyl sites for hydroxylation is 1. The summed E-state index contributed by atoms with van der Waals surface area (Å²) in [6.07, 6.45) is 3.38. The maximum absolute atomic E-state index is 10.4. The van der Waals surface area contributed by atoms with E-state index in [-0.39, 0.29) is 0 Å². The van der Waals surface area contributed by atoms with Gasteiger partial charge >= 0.3 is 0 Å². The van der Waals surface area contributed by atoms with E-state index in [1.54, 1.807) is 12.4 Å². The minimum absolute atomic E-state index is 0.548. The summed E-state index contributed by atoms with van der Waals surface area (Å²) in [5.41, 5.74) is 2.39. The van der Waals surface area contributed by atoms with Crippen molar-refractivity contribution in [3.8, 4) is 0 Å². The number of benzene rings is 1. The molecule has 0 radical (unpaired) electrons. The number of aliphatic imine (C=N–C) groups is 1. The van der Waals surface area contributed by atoms with Crippen LogP contribution in [0.5, 0.6) is 0 Å². The van der Waals surface area contributed by atoms with E-state index in [9.17, 15) is 4.79 Å². The molecule has 0 aliphatic carbocycles. The first-order chi connectivity index (χ1) is 7.54. The lowest BCUT2D eigenvalue weighted by Gasteiger charge is -2.17. The van der Waals surface area contributed by atoms with Crippen LogP contribution < -0.4 is 0 Å². The Bertz CT molecular complexity index is 577. The van der Waals surface area contributed by atoms with Crippen LogP contribution in [0.25, 0.3) is 11.0 Å². The van der Waals surface area contributed by atoms with E-state index >= 15 is 0 Å². The van der Waals surface area contributed by atoms with Gasteiger partial charge in [-0.25, -0.2) is 9.78 Å². The number of hydrogen-bond acceptors (Lipinski definition) is 3. The van der Waals surface area contributed by atoms with Gasteiger partial charge in [0, 0.05) is 7.05 Å². The largest absolute Gasteiger partial charge is 0.334 e. The van der Waals surface area contributed by atoms with E-state index in [1.165, 1.54) is 0 Å². The van der Waals surface area contributed by atoms with E-state index in [0.29, 0.717) is 0 Å². The third kappa shape index (κ3) is 1.64. The first-order valence-electron chi connectivity index (χ1n) is 5.05. The van der Waals surface area contributed by atoms with E-state index in [1.807, 2.05) is 43.7 Å². The predicted octanol–water partition coefficient (Wildman–Crippen LogP) is 2.14. The van der Waals surface area contributed by atoms with Crippen LogP contribution in [0, 0.1) is 0 Å².